The third-order valence-corrected chi connectivity index (χ3v) is 3.23. The second-order valence-corrected chi connectivity index (χ2v) is 4.33. The minimum Gasteiger partial charge on any atom is -0.374 e. The average molecular weight is 240 g/mol. The van der Waals surface area contributed by atoms with E-state index in [0.717, 1.165) is 26.2 Å². The Balaban J connectivity index is 2.03. The van der Waals surface area contributed by atoms with Crippen molar-refractivity contribution in [2.45, 2.75) is 26.0 Å². The van der Waals surface area contributed by atoms with Crippen LogP contribution in [0, 0.1) is 0 Å². The van der Waals surface area contributed by atoms with E-state index in [9.17, 15) is 0 Å². The zero-order valence-electron chi connectivity index (χ0n) is 10.6. The maximum Gasteiger partial charge on any atom is 0.243 e. The summed E-state index contributed by atoms with van der Waals surface area (Å²) in [6.07, 6.45) is -0.122. The van der Waals surface area contributed by atoms with Crippen molar-refractivity contribution < 1.29 is 9.26 Å². The second-order valence-electron chi connectivity index (χ2n) is 4.33. The molecule has 1 aromatic rings. The zero-order chi connectivity index (χ0) is 12.3. The van der Waals surface area contributed by atoms with Crippen molar-refractivity contribution in [3.63, 3.8) is 0 Å². The SMILES string of the molecule is COC(C)c1noc(C(C)N2CCNCC2)n1. The van der Waals surface area contributed by atoms with Gasteiger partial charge in [-0.2, -0.15) is 4.98 Å². The number of piperazine rings is 1. The second kappa shape index (κ2) is 5.57. The molecule has 2 heterocycles. The molecule has 2 unspecified atom stereocenters. The first-order chi connectivity index (χ1) is 8.22. The Morgan fingerprint density at radius 2 is 2.06 bits per heavy atom. The molecule has 1 saturated heterocycles. The molecule has 0 spiro atoms. The maximum atomic E-state index is 5.30. The van der Waals surface area contributed by atoms with Crippen LogP contribution in [0.1, 0.15) is 37.7 Å². The van der Waals surface area contributed by atoms with Gasteiger partial charge in [0.05, 0.1) is 6.04 Å². The highest BCUT2D eigenvalue weighted by molar-refractivity contribution is 4.95. The Bertz CT molecular complexity index is 349. The summed E-state index contributed by atoms with van der Waals surface area (Å²) in [5, 5.41) is 7.27. The highest BCUT2D eigenvalue weighted by Gasteiger charge is 2.24. The van der Waals surface area contributed by atoms with Gasteiger partial charge in [0.25, 0.3) is 0 Å². The molecule has 6 nitrogen and oxygen atoms in total. The average Bonchev–Trinajstić information content (AvgIpc) is 2.87. The van der Waals surface area contributed by atoms with Gasteiger partial charge in [-0.25, -0.2) is 0 Å². The molecule has 1 aliphatic rings. The lowest BCUT2D eigenvalue weighted by Crippen LogP contribution is -2.44. The normalized spacial score (nSPS) is 21.4. The number of nitrogens with zero attached hydrogens (tertiary/aromatic N) is 3. The lowest BCUT2D eigenvalue weighted by atomic mass is 10.2. The quantitative estimate of drug-likeness (QED) is 0.837. The number of methoxy groups -OCH3 is 1. The van der Waals surface area contributed by atoms with Crippen molar-refractivity contribution in [3.05, 3.63) is 11.7 Å². The van der Waals surface area contributed by atoms with Crippen molar-refractivity contribution in [3.8, 4) is 0 Å². The summed E-state index contributed by atoms with van der Waals surface area (Å²) in [5.74, 6) is 1.29. The van der Waals surface area contributed by atoms with Crippen LogP contribution in [0.4, 0.5) is 0 Å². The van der Waals surface area contributed by atoms with E-state index >= 15 is 0 Å². The molecule has 0 saturated carbocycles. The Morgan fingerprint density at radius 3 is 2.71 bits per heavy atom. The van der Waals surface area contributed by atoms with Gasteiger partial charge in [0.2, 0.25) is 5.89 Å². The smallest absolute Gasteiger partial charge is 0.243 e. The fourth-order valence-corrected chi connectivity index (χ4v) is 1.91. The van der Waals surface area contributed by atoms with Crippen LogP contribution in [0.25, 0.3) is 0 Å². The van der Waals surface area contributed by atoms with Crippen molar-refractivity contribution in [1.29, 1.82) is 0 Å². The summed E-state index contributed by atoms with van der Waals surface area (Å²) in [6.45, 7) is 8.06. The monoisotopic (exact) mass is 240 g/mol. The lowest BCUT2D eigenvalue weighted by molar-refractivity contribution is 0.109. The van der Waals surface area contributed by atoms with E-state index in [0.29, 0.717) is 11.7 Å². The van der Waals surface area contributed by atoms with Gasteiger partial charge >= 0.3 is 0 Å². The molecule has 6 heteroatoms. The highest BCUT2D eigenvalue weighted by Crippen LogP contribution is 2.20. The predicted molar refractivity (Wildman–Crippen MR) is 62.6 cm³/mol. The molecule has 2 rings (SSSR count). The molecule has 2 atom stereocenters. The number of hydrogen-bond donors (Lipinski definition) is 1. The van der Waals surface area contributed by atoms with Crippen molar-refractivity contribution in [2.75, 3.05) is 33.3 Å². The Hall–Kier alpha value is -0.980. The maximum absolute atomic E-state index is 5.30. The van der Waals surface area contributed by atoms with Crippen LogP contribution < -0.4 is 5.32 Å². The molecule has 0 radical (unpaired) electrons. The minimum atomic E-state index is -0.122. The van der Waals surface area contributed by atoms with Crippen LogP contribution in [0.2, 0.25) is 0 Å². The standard InChI is InChI=1S/C11H20N4O2/c1-8(15-6-4-12-5-7-15)11-13-10(14-17-11)9(2)16-3/h8-9,12H,4-7H2,1-3H3. The third kappa shape index (κ3) is 2.83. The largest absolute Gasteiger partial charge is 0.374 e. The Kier molecular flexibility index (Phi) is 4.09. The van der Waals surface area contributed by atoms with Gasteiger partial charge in [-0.1, -0.05) is 5.16 Å². The summed E-state index contributed by atoms with van der Waals surface area (Å²) in [7, 11) is 1.64. The molecule has 0 amide bonds. The van der Waals surface area contributed by atoms with E-state index in [1.807, 2.05) is 6.92 Å². The molecule has 0 aromatic carbocycles. The number of ether oxygens (including phenoxy) is 1. The fourth-order valence-electron chi connectivity index (χ4n) is 1.91. The topological polar surface area (TPSA) is 63.4 Å². The Labute approximate surface area is 101 Å². The van der Waals surface area contributed by atoms with Gasteiger partial charge in [0.1, 0.15) is 6.10 Å². The van der Waals surface area contributed by atoms with E-state index in [4.69, 9.17) is 9.26 Å². The van der Waals surface area contributed by atoms with Gasteiger partial charge in [0, 0.05) is 33.3 Å². The Morgan fingerprint density at radius 1 is 1.35 bits per heavy atom. The van der Waals surface area contributed by atoms with Crippen molar-refractivity contribution in [1.82, 2.24) is 20.4 Å². The zero-order valence-corrected chi connectivity index (χ0v) is 10.6. The van der Waals surface area contributed by atoms with Gasteiger partial charge in [0.15, 0.2) is 5.82 Å². The van der Waals surface area contributed by atoms with Gasteiger partial charge in [-0.05, 0) is 13.8 Å². The lowest BCUT2D eigenvalue weighted by Gasteiger charge is -2.30. The fraction of sp³-hybridized carbons (Fsp3) is 0.818. The van der Waals surface area contributed by atoms with Gasteiger partial charge in [-0.3, -0.25) is 4.90 Å². The summed E-state index contributed by atoms with van der Waals surface area (Å²) in [5.41, 5.74) is 0. The first-order valence-corrected chi connectivity index (χ1v) is 6.03. The number of nitrogens with one attached hydrogen (secondary N) is 1. The molecular weight excluding hydrogens is 220 g/mol. The van der Waals surface area contributed by atoms with Crippen LogP contribution in [0.15, 0.2) is 4.52 Å². The molecule has 0 aliphatic carbocycles. The van der Waals surface area contributed by atoms with Gasteiger partial charge < -0.3 is 14.6 Å². The summed E-state index contributed by atoms with van der Waals surface area (Å²) in [6, 6.07) is 0.169. The first kappa shape index (κ1) is 12.5. The molecule has 1 aliphatic heterocycles. The van der Waals surface area contributed by atoms with Crippen LogP contribution in [-0.4, -0.2) is 48.3 Å². The molecule has 17 heavy (non-hydrogen) atoms. The van der Waals surface area contributed by atoms with E-state index in [1.54, 1.807) is 7.11 Å². The molecule has 1 aromatic heterocycles. The third-order valence-electron chi connectivity index (χ3n) is 3.23. The van der Waals surface area contributed by atoms with E-state index < -0.39 is 0 Å². The van der Waals surface area contributed by atoms with E-state index in [1.165, 1.54) is 0 Å². The van der Waals surface area contributed by atoms with Crippen LogP contribution in [-0.2, 0) is 4.74 Å². The first-order valence-electron chi connectivity index (χ1n) is 6.03. The number of hydrogen-bond acceptors (Lipinski definition) is 6. The van der Waals surface area contributed by atoms with Crippen molar-refractivity contribution >= 4 is 0 Å². The summed E-state index contributed by atoms with van der Waals surface area (Å²) < 4.78 is 10.5. The van der Waals surface area contributed by atoms with Crippen LogP contribution in [0.5, 0.6) is 0 Å². The van der Waals surface area contributed by atoms with E-state index in [-0.39, 0.29) is 12.1 Å². The summed E-state index contributed by atoms with van der Waals surface area (Å²) in [4.78, 5) is 6.73. The number of rotatable bonds is 4. The predicted octanol–water partition coefficient (Wildman–Crippen LogP) is 0.743. The van der Waals surface area contributed by atoms with Gasteiger partial charge in [-0.15, -0.1) is 0 Å². The van der Waals surface area contributed by atoms with Crippen molar-refractivity contribution in [2.24, 2.45) is 0 Å². The van der Waals surface area contributed by atoms with E-state index in [2.05, 4.69) is 27.3 Å². The number of aromatic nitrogens is 2. The molecule has 1 fully saturated rings. The minimum absolute atomic E-state index is 0.122. The molecular formula is C11H20N4O2. The summed E-state index contributed by atoms with van der Waals surface area (Å²) >= 11 is 0. The van der Waals surface area contributed by atoms with Crippen LogP contribution >= 0.6 is 0 Å². The molecule has 1 N–H and O–H groups in total. The van der Waals surface area contributed by atoms with Crippen LogP contribution in [0.3, 0.4) is 0 Å². The highest BCUT2D eigenvalue weighted by atomic mass is 16.5. The molecule has 96 valence electrons. The molecule has 0 bridgehead atoms.